The number of piperidine rings is 2. The van der Waals surface area contributed by atoms with Gasteiger partial charge in [0.05, 0.1) is 0 Å². The van der Waals surface area contributed by atoms with Crippen molar-refractivity contribution in [3.05, 3.63) is 23.8 Å². The lowest BCUT2D eigenvalue weighted by Gasteiger charge is -2.47. The highest BCUT2D eigenvalue weighted by Gasteiger charge is 2.38. The van der Waals surface area contributed by atoms with E-state index in [2.05, 4.69) is 26.2 Å². The van der Waals surface area contributed by atoms with Crippen molar-refractivity contribution in [2.45, 2.75) is 44.7 Å². The van der Waals surface area contributed by atoms with Gasteiger partial charge in [0.15, 0.2) is 0 Å². The zero-order chi connectivity index (χ0) is 17.9. The molecule has 4 rings (SSSR count). The smallest absolute Gasteiger partial charge is 0.222 e. The Kier molecular flexibility index (Phi) is 5.17. The number of benzene rings is 1. The Hall–Kier alpha value is -1.99. The largest absolute Gasteiger partial charge is 0.396 e. The van der Waals surface area contributed by atoms with Crippen LogP contribution in [0.15, 0.2) is 22.8 Å². The molecule has 7 nitrogen and oxygen atoms in total. The van der Waals surface area contributed by atoms with E-state index in [0.717, 1.165) is 62.9 Å². The number of likely N-dealkylation sites (tertiary alicyclic amines) is 2. The van der Waals surface area contributed by atoms with Crippen LogP contribution in [-0.4, -0.2) is 63.4 Å². The maximum Gasteiger partial charge on any atom is 0.222 e. The van der Waals surface area contributed by atoms with Crippen LogP contribution in [0.4, 0.5) is 0 Å². The average molecular weight is 358 g/mol. The van der Waals surface area contributed by atoms with E-state index in [0.29, 0.717) is 24.3 Å². The van der Waals surface area contributed by atoms with E-state index < -0.39 is 0 Å². The Morgan fingerprint density at radius 3 is 2.96 bits per heavy atom. The van der Waals surface area contributed by atoms with Gasteiger partial charge in [-0.25, -0.2) is 4.63 Å². The minimum atomic E-state index is 0.204. The first kappa shape index (κ1) is 17.4. The minimum absolute atomic E-state index is 0.204. The van der Waals surface area contributed by atoms with Gasteiger partial charge >= 0.3 is 0 Å². The molecule has 1 amide bonds. The zero-order valence-corrected chi connectivity index (χ0v) is 15.0. The van der Waals surface area contributed by atoms with Crippen molar-refractivity contribution in [3.63, 3.8) is 0 Å². The minimum Gasteiger partial charge on any atom is -0.396 e. The van der Waals surface area contributed by atoms with Crippen molar-refractivity contribution < 1.29 is 14.5 Å². The van der Waals surface area contributed by atoms with Crippen molar-refractivity contribution in [3.8, 4) is 0 Å². The highest BCUT2D eigenvalue weighted by molar-refractivity contribution is 5.77. The summed E-state index contributed by atoms with van der Waals surface area (Å²) in [7, 11) is 0. The van der Waals surface area contributed by atoms with E-state index in [4.69, 9.17) is 9.74 Å². The van der Waals surface area contributed by atoms with Gasteiger partial charge in [-0.15, -0.1) is 0 Å². The Morgan fingerprint density at radius 2 is 2.08 bits per heavy atom. The Bertz CT molecular complexity index is 762. The summed E-state index contributed by atoms with van der Waals surface area (Å²) in [4.78, 5) is 16.9. The number of rotatable bonds is 6. The van der Waals surface area contributed by atoms with E-state index in [1.54, 1.807) is 0 Å². The molecule has 0 spiro atoms. The van der Waals surface area contributed by atoms with Crippen LogP contribution in [0.5, 0.6) is 0 Å². The number of aromatic nitrogens is 2. The number of aliphatic hydroxyl groups excluding tert-OH is 1. The van der Waals surface area contributed by atoms with Crippen LogP contribution in [0.2, 0.25) is 0 Å². The molecule has 1 aromatic heterocycles. The highest BCUT2D eigenvalue weighted by Crippen LogP contribution is 2.32. The van der Waals surface area contributed by atoms with Crippen molar-refractivity contribution in [1.29, 1.82) is 0 Å². The quantitative estimate of drug-likeness (QED) is 0.793. The molecular formula is C19H26N4O3. The van der Waals surface area contributed by atoms with Crippen LogP contribution in [0, 0.1) is 5.92 Å². The van der Waals surface area contributed by atoms with Gasteiger partial charge in [-0.3, -0.25) is 9.69 Å². The molecule has 2 fully saturated rings. The number of hydrogen-bond acceptors (Lipinski definition) is 6. The maximum absolute atomic E-state index is 12.3. The van der Waals surface area contributed by atoms with Gasteiger partial charge in [-0.2, -0.15) is 0 Å². The molecule has 0 unspecified atom stereocenters. The fourth-order valence-corrected chi connectivity index (χ4v) is 4.44. The number of fused-ring (bicyclic) bond motifs is 2. The van der Waals surface area contributed by atoms with Gasteiger partial charge in [0.25, 0.3) is 0 Å². The van der Waals surface area contributed by atoms with E-state index in [9.17, 15) is 4.79 Å². The monoisotopic (exact) mass is 358 g/mol. The molecule has 0 aliphatic carbocycles. The molecule has 2 aromatic rings. The average Bonchev–Trinajstić information content (AvgIpc) is 3.11. The number of carbonyl (C=O) groups excluding carboxylic acids is 1. The number of carbonyl (C=O) groups is 1. The number of amides is 1. The van der Waals surface area contributed by atoms with Gasteiger partial charge in [0.2, 0.25) is 5.91 Å². The van der Waals surface area contributed by atoms with Crippen molar-refractivity contribution in [2.24, 2.45) is 5.92 Å². The Balaban J connectivity index is 1.38. The molecule has 1 aromatic carbocycles. The fourth-order valence-electron chi connectivity index (χ4n) is 4.44. The van der Waals surface area contributed by atoms with Gasteiger partial charge < -0.3 is 10.0 Å². The van der Waals surface area contributed by atoms with Gasteiger partial charge in [0.1, 0.15) is 11.0 Å². The number of unbranched alkanes of at least 4 members (excludes halogenated alkanes) is 1. The zero-order valence-electron chi connectivity index (χ0n) is 15.0. The molecule has 3 heterocycles. The summed E-state index contributed by atoms with van der Waals surface area (Å²) < 4.78 is 4.78. The van der Waals surface area contributed by atoms with Crippen LogP contribution in [0.25, 0.3) is 11.0 Å². The molecule has 0 radical (unpaired) electrons. The third kappa shape index (κ3) is 3.59. The first-order valence-corrected chi connectivity index (χ1v) is 9.58. The summed E-state index contributed by atoms with van der Waals surface area (Å²) in [5.74, 6) is 0.842. The van der Waals surface area contributed by atoms with E-state index in [-0.39, 0.29) is 6.61 Å². The number of nitrogens with zero attached hydrogens (tertiary/aromatic N) is 4. The van der Waals surface area contributed by atoms with Crippen LogP contribution in [0.1, 0.15) is 37.7 Å². The first-order chi connectivity index (χ1) is 12.7. The van der Waals surface area contributed by atoms with E-state index in [1.165, 1.54) is 5.56 Å². The topological polar surface area (TPSA) is 82.7 Å². The second-order valence-electron chi connectivity index (χ2n) is 7.50. The SMILES string of the molecule is O=C1CC[C@H]2CN(Cc3ccc4nonc4c3)CC[C@H]2N1CCCCO. The second-order valence-corrected chi connectivity index (χ2v) is 7.50. The molecule has 2 saturated heterocycles. The summed E-state index contributed by atoms with van der Waals surface area (Å²) >= 11 is 0. The highest BCUT2D eigenvalue weighted by atomic mass is 16.6. The van der Waals surface area contributed by atoms with Crippen LogP contribution < -0.4 is 0 Å². The third-order valence-electron chi connectivity index (χ3n) is 5.76. The molecule has 2 aliphatic heterocycles. The molecule has 0 saturated carbocycles. The van der Waals surface area contributed by atoms with Gasteiger partial charge in [-0.1, -0.05) is 6.07 Å². The van der Waals surface area contributed by atoms with Crippen molar-refractivity contribution >= 4 is 16.9 Å². The fraction of sp³-hybridized carbons (Fsp3) is 0.632. The summed E-state index contributed by atoms with van der Waals surface area (Å²) in [6, 6.07) is 6.46. The lowest BCUT2D eigenvalue weighted by Crippen LogP contribution is -2.55. The lowest BCUT2D eigenvalue weighted by atomic mass is 9.83. The Labute approximate surface area is 152 Å². The standard InChI is InChI=1S/C19H26N4O3/c24-10-2-1-8-23-18-7-9-22(13-15(18)4-6-19(23)25)12-14-3-5-16-17(11-14)21-26-20-16/h3,5,11,15,18,24H,1-2,4,6-10,12-13H2/t15-,18+/m0/s1. The summed E-state index contributed by atoms with van der Waals surface area (Å²) in [6.07, 6.45) is 4.34. The van der Waals surface area contributed by atoms with Crippen LogP contribution in [0.3, 0.4) is 0 Å². The maximum atomic E-state index is 12.3. The van der Waals surface area contributed by atoms with Crippen LogP contribution in [-0.2, 0) is 11.3 Å². The van der Waals surface area contributed by atoms with Crippen molar-refractivity contribution in [2.75, 3.05) is 26.2 Å². The molecule has 140 valence electrons. The van der Waals surface area contributed by atoms with Gasteiger partial charge in [0, 0.05) is 45.2 Å². The number of hydrogen-bond donors (Lipinski definition) is 1. The van der Waals surface area contributed by atoms with E-state index >= 15 is 0 Å². The first-order valence-electron chi connectivity index (χ1n) is 9.58. The molecular weight excluding hydrogens is 332 g/mol. The molecule has 26 heavy (non-hydrogen) atoms. The molecule has 7 heteroatoms. The summed E-state index contributed by atoms with van der Waals surface area (Å²) in [5, 5.41) is 16.8. The van der Waals surface area contributed by atoms with Crippen molar-refractivity contribution in [1.82, 2.24) is 20.1 Å². The predicted molar refractivity (Wildman–Crippen MR) is 96.2 cm³/mol. The normalized spacial score (nSPS) is 24.2. The summed E-state index contributed by atoms with van der Waals surface area (Å²) in [5.41, 5.74) is 2.81. The van der Waals surface area contributed by atoms with Gasteiger partial charge in [-0.05, 0) is 59.6 Å². The number of aliphatic hydroxyl groups is 1. The third-order valence-corrected chi connectivity index (χ3v) is 5.76. The van der Waals surface area contributed by atoms with E-state index in [1.807, 2.05) is 12.1 Å². The van der Waals surface area contributed by atoms with Crippen LogP contribution >= 0.6 is 0 Å². The predicted octanol–water partition coefficient (Wildman–Crippen LogP) is 1.81. The molecule has 2 aliphatic rings. The molecule has 2 atom stereocenters. The summed E-state index contributed by atoms with van der Waals surface area (Å²) in [6.45, 7) is 3.92. The molecule has 1 N–H and O–H groups in total. The Morgan fingerprint density at radius 1 is 1.19 bits per heavy atom. The second kappa shape index (κ2) is 7.72. The lowest BCUT2D eigenvalue weighted by molar-refractivity contribution is -0.141. The molecule has 0 bridgehead atoms.